The lowest BCUT2D eigenvalue weighted by molar-refractivity contribution is 0.215. The number of rotatable bonds is 2. The molecule has 0 unspecified atom stereocenters. The molecule has 0 heterocycles. The molecular weight excluding hydrogens is 145 g/mol. The predicted octanol–water partition coefficient (Wildman–Crippen LogP) is 1.61. The van der Waals surface area contributed by atoms with E-state index in [2.05, 4.69) is 16.1 Å². The van der Waals surface area contributed by atoms with Gasteiger partial charge in [0.25, 0.3) is 0 Å². The molecule has 1 rings (SSSR count). The van der Waals surface area contributed by atoms with Crippen LogP contribution in [0.1, 0.15) is 5.56 Å². The number of hydrogen-bond acceptors (Lipinski definition) is 2. The lowest BCUT2D eigenvalue weighted by Gasteiger charge is -1.92. The molecular formula is C8H7FNO. The zero-order chi connectivity index (χ0) is 8.10. The number of benzene rings is 1. The van der Waals surface area contributed by atoms with Crippen LogP contribution in [0.3, 0.4) is 0 Å². The van der Waals surface area contributed by atoms with Gasteiger partial charge in [0.1, 0.15) is 12.9 Å². The van der Waals surface area contributed by atoms with E-state index in [0.717, 1.165) is 0 Å². The fourth-order valence-corrected chi connectivity index (χ4v) is 0.633. The molecule has 0 spiro atoms. The van der Waals surface area contributed by atoms with Gasteiger partial charge in [-0.25, -0.2) is 4.39 Å². The van der Waals surface area contributed by atoms with E-state index in [1.807, 2.05) is 0 Å². The normalized spacial score (nSPS) is 10.4. The van der Waals surface area contributed by atoms with E-state index in [1.165, 1.54) is 31.5 Å². The Morgan fingerprint density at radius 3 is 3.18 bits per heavy atom. The molecule has 11 heavy (non-hydrogen) atoms. The van der Waals surface area contributed by atoms with Gasteiger partial charge in [0.15, 0.2) is 0 Å². The second-order valence-electron chi connectivity index (χ2n) is 1.86. The van der Waals surface area contributed by atoms with Gasteiger partial charge in [0.2, 0.25) is 0 Å². The summed E-state index contributed by atoms with van der Waals surface area (Å²) < 4.78 is 12.7. The van der Waals surface area contributed by atoms with Crippen molar-refractivity contribution in [2.24, 2.45) is 5.16 Å². The number of oxime groups is 1. The molecule has 0 amide bonds. The summed E-state index contributed by atoms with van der Waals surface area (Å²) in [5.41, 5.74) is 0.370. The number of halogens is 1. The maximum absolute atomic E-state index is 12.7. The van der Waals surface area contributed by atoms with Gasteiger partial charge < -0.3 is 4.84 Å². The first-order valence-electron chi connectivity index (χ1n) is 3.06. The first-order valence-corrected chi connectivity index (χ1v) is 3.06. The molecule has 0 bridgehead atoms. The monoisotopic (exact) mass is 152 g/mol. The van der Waals surface area contributed by atoms with E-state index >= 15 is 0 Å². The minimum Gasteiger partial charge on any atom is -0.399 e. The molecule has 0 saturated carbocycles. The SMILES string of the molecule is CON=Cc1c[c]ccc1F. The molecule has 1 radical (unpaired) electrons. The van der Waals surface area contributed by atoms with Crippen LogP contribution in [0.4, 0.5) is 4.39 Å². The van der Waals surface area contributed by atoms with Crippen molar-refractivity contribution in [3.63, 3.8) is 0 Å². The molecule has 3 heteroatoms. The summed E-state index contributed by atoms with van der Waals surface area (Å²) in [6, 6.07) is 7.04. The van der Waals surface area contributed by atoms with Gasteiger partial charge >= 0.3 is 0 Å². The van der Waals surface area contributed by atoms with Crippen LogP contribution in [-0.2, 0) is 4.84 Å². The second-order valence-corrected chi connectivity index (χ2v) is 1.86. The summed E-state index contributed by atoms with van der Waals surface area (Å²) in [6.07, 6.45) is 1.30. The van der Waals surface area contributed by atoms with Crippen molar-refractivity contribution in [2.75, 3.05) is 7.11 Å². The maximum Gasteiger partial charge on any atom is 0.132 e. The van der Waals surface area contributed by atoms with Crippen LogP contribution in [-0.4, -0.2) is 13.3 Å². The van der Waals surface area contributed by atoms with Crippen molar-refractivity contribution in [1.82, 2.24) is 0 Å². The third-order valence-corrected chi connectivity index (χ3v) is 1.14. The molecule has 2 nitrogen and oxygen atoms in total. The Labute approximate surface area is 64.3 Å². The van der Waals surface area contributed by atoms with Crippen LogP contribution in [0.15, 0.2) is 23.4 Å². The number of nitrogens with zero attached hydrogens (tertiary/aromatic N) is 1. The Morgan fingerprint density at radius 1 is 1.73 bits per heavy atom. The summed E-state index contributed by atoms with van der Waals surface area (Å²) >= 11 is 0. The van der Waals surface area contributed by atoms with E-state index in [-0.39, 0.29) is 5.82 Å². The van der Waals surface area contributed by atoms with E-state index in [4.69, 9.17) is 0 Å². The summed E-state index contributed by atoms with van der Waals surface area (Å²) in [5, 5.41) is 3.42. The molecule has 1 aromatic rings. The third kappa shape index (κ3) is 2.04. The Balaban J connectivity index is 2.86. The van der Waals surface area contributed by atoms with Gasteiger partial charge in [-0.1, -0.05) is 11.2 Å². The molecule has 57 valence electrons. The average molecular weight is 152 g/mol. The zero-order valence-corrected chi connectivity index (χ0v) is 6.04. The molecule has 0 atom stereocenters. The lowest BCUT2D eigenvalue weighted by atomic mass is 10.2. The van der Waals surface area contributed by atoms with Gasteiger partial charge in [-0.2, -0.15) is 0 Å². The summed E-state index contributed by atoms with van der Waals surface area (Å²) in [4.78, 5) is 4.39. The van der Waals surface area contributed by atoms with E-state index < -0.39 is 0 Å². The Kier molecular flexibility index (Phi) is 2.60. The molecule has 0 aliphatic heterocycles. The highest BCUT2D eigenvalue weighted by Crippen LogP contribution is 2.01. The fourth-order valence-electron chi connectivity index (χ4n) is 0.633. The summed E-state index contributed by atoms with van der Waals surface area (Å²) in [7, 11) is 1.40. The minimum absolute atomic E-state index is 0.329. The molecule has 0 aromatic heterocycles. The largest absolute Gasteiger partial charge is 0.399 e. The summed E-state index contributed by atoms with van der Waals surface area (Å²) in [6.45, 7) is 0. The van der Waals surface area contributed by atoms with E-state index in [0.29, 0.717) is 5.56 Å². The van der Waals surface area contributed by atoms with Crippen LogP contribution in [0.5, 0.6) is 0 Å². The predicted molar refractivity (Wildman–Crippen MR) is 39.8 cm³/mol. The van der Waals surface area contributed by atoms with Gasteiger partial charge in [0.05, 0.1) is 6.21 Å². The van der Waals surface area contributed by atoms with Crippen LogP contribution in [0, 0.1) is 11.9 Å². The Morgan fingerprint density at radius 2 is 2.55 bits per heavy atom. The number of hydrogen-bond donors (Lipinski definition) is 0. The zero-order valence-electron chi connectivity index (χ0n) is 6.04. The van der Waals surface area contributed by atoms with Gasteiger partial charge in [-0.3, -0.25) is 0 Å². The van der Waals surface area contributed by atoms with Crippen molar-refractivity contribution >= 4 is 6.21 Å². The molecule has 0 aliphatic carbocycles. The van der Waals surface area contributed by atoms with Crippen molar-refractivity contribution in [1.29, 1.82) is 0 Å². The maximum atomic E-state index is 12.7. The van der Waals surface area contributed by atoms with E-state index in [9.17, 15) is 4.39 Å². The standard InChI is InChI=1S/C8H7FNO/c1-11-10-6-7-4-2-3-5-8(7)9/h3-6H,1H3. The highest BCUT2D eigenvalue weighted by Gasteiger charge is 1.94. The summed E-state index contributed by atoms with van der Waals surface area (Å²) in [5.74, 6) is -0.329. The van der Waals surface area contributed by atoms with Crippen molar-refractivity contribution in [3.05, 3.63) is 35.6 Å². The molecule has 0 fully saturated rings. The van der Waals surface area contributed by atoms with Gasteiger partial charge in [-0.15, -0.1) is 0 Å². The first kappa shape index (κ1) is 7.72. The van der Waals surface area contributed by atoms with Gasteiger partial charge in [-0.05, 0) is 18.2 Å². The van der Waals surface area contributed by atoms with Crippen LogP contribution in [0.2, 0.25) is 0 Å². The van der Waals surface area contributed by atoms with Crippen LogP contribution >= 0.6 is 0 Å². The van der Waals surface area contributed by atoms with Crippen molar-refractivity contribution in [3.8, 4) is 0 Å². The first-order chi connectivity index (χ1) is 5.34. The van der Waals surface area contributed by atoms with Crippen LogP contribution < -0.4 is 0 Å². The third-order valence-electron chi connectivity index (χ3n) is 1.14. The van der Waals surface area contributed by atoms with Gasteiger partial charge in [0, 0.05) is 5.56 Å². The van der Waals surface area contributed by atoms with Crippen LogP contribution in [0.25, 0.3) is 0 Å². The molecule has 1 aromatic carbocycles. The average Bonchev–Trinajstić information content (AvgIpc) is 2.03. The Bertz CT molecular complexity index is 260. The highest BCUT2D eigenvalue weighted by molar-refractivity contribution is 5.79. The van der Waals surface area contributed by atoms with Crippen molar-refractivity contribution < 1.29 is 9.23 Å². The molecule has 0 saturated heterocycles. The lowest BCUT2D eigenvalue weighted by Crippen LogP contribution is -1.86. The topological polar surface area (TPSA) is 21.6 Å². The fraction of sp³-hybridized carbons (Fsp3) is 0.125. The Hall–Kier alpha value is -1.38. The van der Waals surface area contributed by atoms with Crippen molar-refractivity contribution in [2.45, 2.75) is 0 Å². The highest BCUT2D eigenvalue weighted by atomic mass is 19.1. The quantitative estimate of drug-likeness (QED) is 0.466. The second kappa shape index (κ2) is 3.71. The minimum atomic E-state index is -0.329. The smallest absolute Gasteiger partial charge is 0.132 e. The molecule has 0 aliphatic rings. The molecule has 0 N–H and O–H groups in total. The van der Waals surface area contributed by atoms with E-state index in [1.54, 1.807) is 0 Å².